The van der Waals surface area contributed by atoms with Gasteiger partial charge in [-0.3, -0.25) is 0 Å². The van der Waals surface area contributed by atoms with Crippen LogP contribution in [0.25, 0.3) is 10.6 Å². The second-order valence-electron chi connectivity index (χ2n) is 4.42. The number of halogens is 1. The van der Waals surface area contributed by atoms with Crippen molar-refractivity contribution in [3.63, 3.8) is 0 Å². The summed E-state index contributed by atoms with van der Waals surface area (Å²) in [6.45, 7) is 0. The first-order valence-corrected chi connectivity index (χ1v) is 8.16. The number of nitrogens with one attached hydrogen (secondary N) is 1. The van der Waals surface area contributed by atoms with E-state index in [2.05, 4.69) is 9.71 Å². The van der Waals surface area contributed by atoms with E-state index in [0.29, 0.717) is 0 Å². The molecule has 0 aliphatic carbocycles. The van der Waals surface area contributed by atoms with E-state index in [9.17, 15) is 4.39 Å². The average molecular weight is 332 g/mol. The number of rotatable bonds is 5. The summed E-state index contributed by atoms with van der Waals surface area (Å²) in [5, 5.41) is 0.874. The summed E-state index contributed by atoms with van der Waals surface area (Å²) in [4.78, 5) is 4.37. The standard InChI is InChI=1S/C16H13FN2OS2/c1-20-14-8-6-13(7-9-14)19-22-15-10-18-16(21-15)11-2-4-12(17)5-3-11/h2-10,19H,1H3. The molecular formula is C16H13FN2OS2. The molecule has 0 bridgehead atoms. The van der Waals surface area contributed by atoms with Crippen molar-refractivity contribution >= 4 is 29.0 Å². The van der Waals surface area contributed by atoms with Gasteiger partial charge in [0.25, 0.3) is 0 Å². The van der Waals surface area contributed by atoms with Crippen LogP contribution in [0.15, 0.2) is 58.9 Å². The van der Waals surface area contributed by atoms with Gasteiger partial charge in [-0.1, -0.05) is 0 Å². The number of hydrogen-bond donors (Lipinski definition) is 1. The van der Waals surface area contributed by atoms with Crippen LogP contribution in [-0.4, -0.2) is 12.1 Å². The van der Waals surface area contributed by atoms with E-state index in [1.54, 1.807) is 30.6 Å². The highest BCUT2D eigenvalue weighted by Gasteiger charge is 2.06. The predicted octanol–water partition coefficient (Wildman–Crippen LogP) is 5.08. The summed E-state index contributed by atoms with van der Waals surface area (Å²) in [7, 11) is 1.64. The summed E-state index contributed by atoms with van der Waals surface area (Å²) < 4.78 is 22.3. The van der Waals surface area contributed by atoms with Crippen LogP contribution in [0.3, 0.4) is 0 Å². The number of hydrogen-bond acceptors (Lipinski definition) is 5. The second kappa shape index (κ2) is 6.81. The van der Waals surface area contributed by atoms with Crippen LogP contribution in [-0.2, 0) is 0 Å². The van der Waals surface area contributed by atoms with Crippen molar-refractivity contribution in [2.45, 2.75) is 4.21 Å². The fourth-order valence-corrected chi connectivity index (χ4v) is 3.44. The highest BCUT2D eigenvalue weighted by atomic mass is 32.2. The van der Waals surface area contributed by atoms with E-state index < -0.39 is 0 Å². The Kier molecular flexibility index (Phi) is 4.60. The Labute approximate surface area is 136 Å². The molecule has 1 aromatic heterocycles. The number of ether oxygens (including phenoxy) is 1. The van der Waals surface area contributed by atoms with Crippen LogP contribution in [0, 0.1) is 5.82 Å². The van der Waals surface area contributed by atoms with Crippen LogP contribution in [0.2, 0.25) is 0 Å². The van der Waals surface area contributed by atoms with Crippen molar-refractivity contribution < 1.29 is 9.13 Å². The minimum absolute atomic E-state index is 0.240. The Morgan fingerprint density at radius 2 is 1.82 bits per heavy atom. The van der Waals surface area contributed by atoms with Crippen LogP contribution >= 0.6 is 23.3 Å². The maximum absolute atomic E-state index is 12.9. The lowest BCUT2D eigenvalue weighted by atomic mass is 10.2. The van der Waals surface area contributed by atoms with Gasteiger partial charge in [-0.15, -0.1) is 11.3 Å². The number of anilines is 1. The van der Waals surface area contributed by atoms with Crippen molar-refractivity contribution in [1.29, 1.82) is 0 Å². The lowest BCUT2D eigenvalue weighted by Crippen LogP contribution is -1.86. The van der Waals surface area contributed by atoms with Crippen molar-refractivity contribution in [2.24, 2.45) is 0 Å². The molecule has 3 rings (SSSR count). The molecule has 112 valence electrons. The van der Waals surface area contributed by atoms with Crippen LogP contribution in [0.5, 0.6) is 5.75 Å². The molecule has 0 unspecified atom stereocenters. The fraction of sp³-hybridized carbons (Fsp3) is 0.0625. The highest BCUT2D eigenvalue weighted by molar-refractivity contribution is 8.02. The van der Waals surface area contributed by atoms with E-state index >= 15 is 0 Å². The van der Waals surface area contributed by atoms with E-state index in [-0.39, 0.29) is 5.82 Å². The first-order valence-electron chi connectivity index (χ1n) is 6.53. The Balaban J connectivity index is 1.65. The molecule has 0 aliphatic rings. The van der Waals surface area contributed by atoms with Gasteiger partial charge < -0.3 is 9.46 Å². The van der Waals surface area contributed by atoms with Crippen molar-refractivity contribution in [2.75, 3.05) is 11.8 Å². The van der Waals surface area contributed by atoms with Crippen molar-refractivity contribution in [1.82, 2.24) is 4.98 Å². The second-order valence-corrected chi connectivity index (χ2v) is 6.56. The van der Waals surface area contributed by atoms with Crippen molar-refractivity contribution in [3.8, 4) is 16.3 Å². The molecule has 1 N–H and O–H groups in total. The maximum Gasteiger partial charge on any atom is 0.124 e. The number of thiazole rings is 1. The van der Waals surface area contributed by atoms with Gasteiger partial charge in [-0.25, -0.2) is 9.37 Å². The third kappa shape index (κ3) is 3.58. The third-order valence-corrected chi connectivity index (χ3v) is 4.92. The molecule has 0 fully saturated rings. The monoisotopic (exact) mass is 332 g/mol. The molecule has 6 heteroatoms. The fourth-order valence-electron chi connectivity index (χ4n) is 1.80. The minimum atomic E-state index is -0.240. The van der Waals surface area contributed by atoms with Crippen LogP contribution < -0.4 is 9.46 Å². The molecule has 0 atom stereocenters. The first-order chi connectivity index (χ1) is 10.7. The maximum atomic E-state index is 12.9. The first kappa shape index (κ1) is 14.9. The van der Waals surface area contributed by atoms with Crippen molar-refractivity contribution in [3.05, 3.63) is 60.5 Å². The Bertz CT molecular complexity index is 742. The van der Waals surface area contributed by atoms with Gasteiger partial charge in [0.2, 0.25) is 0 Å². The summed E-state index contributed by atoms with van der Waals surface area (Å²) in [5.41, 5.74) is 1.91. The van der Waals surface area contributed by atoms with Gasteiger partial charge in [-0.05, 0) is 60.5 Å². The van der Waals surface area contributed by atoms with E-state index in [4.69, 9.17) is 4.74 Å². The summed E-state index contributed by atoms with van der Waals surface area (Å²) in [6, 6.07) is 14.1. The SMILES string of the molecule is COc1ccc(NSc2cnc(-c3ccc(F)cc3)s2)cc1. The average Bonchev–Trinajstić information content (AvgIpc) is 3.03. The molecule has 0 spiro atoms. The lowest BCUT2D eigenvalue weighted by Gasteiger charge is -2.04. The molecule has 0 saturated carbocycles. The summed E-state index contributed by atoms with van der Waals surface area (Å²) >= 11 is 3.06. The third-order valence-electron chi connectivity index (χ3n) is 2.94. The minimum Gasteiger partial charge on any atom is -0.497 e. The van der Waals surface area contributed by atoms with E-state index in [1.165, 1.54) is 24.1 Å². The van der Waals surface area contributed by atoms with Crippen LogP contribution in [0.4, 0.5) is 10.1 Å². The number of nitrogens with zero attached hydrogens (tertiary/aromatic N) is 1. The van der Waals surface area contributed by atoms with Crippen LogP contribution in [0.1, 0.15) is 0 Å². The van der Waals surface area contributed by atoms with E-state index in [0.717, 1.165) is 26.2 Å². The number of aromatic nitrogens is 1. The van der Waals surface area contributed by atoms with Gasteiger partial charge >= 0.3 is 0 Å². The Morgan fingerprint density at radius 1 is 1.09 bits per heavy atom. The normalized spacial score (nSPS) is 10.5. The number of methoxy groups -OCH3 is 1. The molecule has 2 aromatic carbocycles. The van der Waals surface area contributed by atoms with Gasteiger partial charge in [0, 0.05) is 11.3 Å². The smallest absolute Gasteiger partial charge is 0.124 e. The van der Waals surface area contributed by atoms with E-state index in [1.807, 2.05) is 30.5 Å². The zero-order valence-electron chi connectivity index (χ0n) is 11.7. The Hall–Kier alpha value is -2.05. The largest absolute Gasteiger partial charge is 0.497 e. The highest BCUT2D eigenvalue weighted by Crippen LogP contribution is 2.32. The molecule has 22 heavy (non-hydrogen) atoms. The summed E-state index contributed by atoms with van der Waals surface area (Å²) in [6.07, 6.45) is 1.81. The molecular weight excluding hydrogens is 319 g/mol. The lowest BCUT2D eigenvalue weighted by molar-refractivity contribution is 0.415. The molecule has 1 heterocycles. The molecule has 0 saturated heterocycles. The molecule has 0 radical (unpaired) electrons. The predicted molar refractivity (Wildman–Crippen MR) is 90.0 cm³/mol. The zero-order chi connectivity index (χ0) is 15.4. The number of benzene rings is 2. The van der Waals surface area contributed by atoms with Gasteiger partial charge in [-0.2, -0.15) is 0 Å². The Morgan fingerprint density at radius 3 is 2.50 bits per heavy atom. The van der Waals surface area contributed by atoms with Gasteiger partial charge in [0.1, 0.15) is 20.8 Å². The van der Waals surface area contributed by atoms with Gasteiger partial charge in [0.15, 0.2) is 0 Å². The zero-order valence-corrected chi connectivity index (χ0v) is 13.4. The molecule has 0 amide bonds. The molecule has 0 aliphatic heterocycles. The molecule has 3 aromatic rings. The van der Waals surface area contributed by atoms with Gasteiger partial charge in [0.05, 0.1) is 13.3 Å². The quantitative estimate of drug-likeness (QED) is 0.661. The topological polar surface area (TPSA) is 34.1 Å². The summed E-state index contributed by atoms with van der Waals surface area (Å²) in [5.74, 6) is 0.586. The molecule has 3 nitrogen and oxygen atoms in total.